The largest absolute Gasteiger partial charge is 0.351 e. The quantitative estimate of drug-likeness (QED) is 0.779. The van der Waals surface area contributed by atoms with Crippen molar-refractivity contribution in [2.24, 2.45) is 0 Å². The lowest BCUT2D eigenvalue weighted by atomic mass is 10.0. The molecule has 1 N–H and O–H groups in total. The summed E-state index contributed by atoms with van der Waals surface area (Å²) in [5.74, 6) is 0.108. The van der Waals surface area contributed by atoms with E-state index >= 15 is 0 Å². The number of nitrogens with zero attached hydrogens (tertiary/aromatic N) is 3. The Morgan fingerprint density at radius 1 is 1.22 bits per heavy atom. The topological polar surface area (TPSA) is 48.5 Å². The highest BCUT2D eigenvalue weighted by atomic mass is 16.2. The third-order valence-corrected chi connectivity index (χ3v) is 5.02. The monoisotopic (exact) mass is 366 g/mol. The number of carbonyl (C=O) groups excluding carboxylic acids is 1. The van der Waals surface area contributed by atoms with Gasteiger partial charge in [0.2, 0.25) is 5.91 Å². The minimum atomic E-state index is 0.108. The molecule has 1 aliphatic heterocycles. The van der Waals surface area contributed by atoms with E-state index in [1.165, 1.54) is 5.56 Å². The van der Waals surface area contributed by atoms with Crippen LogP contribution in [0.3, 0.4) is 0 Å². The second kappa shape index (κ2) is 10.2. The molecule has 1 aliphatic rings. The fraction of sp³-hybridized carbons (Fsp3) is 0.455. The van der Waals surface area contributed by atoms with E-state index in [2.05, 4.69) is 45.5 Å². The number of likely N-dealkylation sites (N-methyl/N-ethyl adjacent to an activating group) is 1. The Morgan fingerprint density at radius 3 is 2.81 bits per heavy atom. The predicted octanol–water partition coefficient (Wildman–Crippen LogP) is 2.34. The molecule has 27 heavy (non-hydrogen) atoms. The van der Waals surface area contributed by atoms with Crippen LogP contribution in [0.4, 0.5) is 0 Å². The molecule has 1 saturated heterocycles. The van der Waals surface area contributed by atoms with Gasteiger partial charge in [-0.25, -0.2) is 0 Å². The van der Waals surface area contributed by atoms with Gasteiger partial charge in [0, 0.05) is 38.1 Å². The Kier molecular flexibility index (Phi) is 7.36. The second-order valence-corrected chi connectivity index (χ2v) is 7.48. The summed E-state index contributed by atoms with van der Waals surface area (Å²) in [4.78, 5) is 21.0. The lowest BCUT2D eigenvalue weighted by Gasteiger charge is -2.33. The van der Waals surface area contributed by atoms with Crippen molar-refractivity contribution in [3.8, 4) is 0 Å². The first kappa shape index (κ1) is 19.5. The van der Waals surface area contributed by atoms with E-state index in [1.807, 2.05) is 30.3 Å². The molecule has 1 atom stereocenters. The van der Waals surface area contributed by atoms with Crippen LogP contribution in [0, 0.1) is 0 Å². The normalized spacial score (nSPS) is 17.8. The Balaban J connectivity index is 1.39. The van der Waals surface area contributed by atoms with Crippen LogP contribution in [0.1, 0.15) is 24.0 Å². The molecule has 2 aromatic rings. The summed E-state index contributed by atoms with van der Waals surface area (Å²) in [6, 6.07) is 14.8. The summed E-state index contributed by atoms with van der Waals surface area (Å²) >= 11 is 0. The summed E-state index contributed by atoms with van der Waals surface area (Å²) in [7, 11) is 1.97. The van der Waals surface area contributed by atoms with E-state index in [1.54, 1.807) is 6.20 Å². The molecule has 2 heterocycles. The van der Waals surface area contributed by atoms with Gasteiger partial charge in [0.15, 0.2) is 0 Å². The average molecular weight is 367 g/mol. The molecule has 144 valence electrons. The molecule has 0 bridgehead atoms. The zero-order valence-electron chi connectivity index (χ0n) is 16.2. The Bertz CT molecular complexity index is 692. The summed E-state index contributed by atoms with van der Waals surface area (Å²) in [5.41, 5.74) is 2.50. The fourth-order valence-electron chi connectivity index (χ4n) is 3.69. The van der Waals surface area contributed by atoms with Crippen molar-refractivity contribution in [2.45, 2.75) is 31.8 Å². The maximum atomic E-state index is 12.4. The highest BCUT2D eigenvalue weighted by Gasteiger charge is 2.21. The van der Waals surface area contributed by atoms with Crippen molar-refractivity contribution in [1.29, 1.82) is 0 Å². The molecular weight excluding hydrogens is 336 g/mol. The molecule has 3 rings (SSSR count). The summed E-state index contributed by atoms with van der Waals surface area (Å²) < 4.78 is 0. The summed E-state index contributed by atoms with van der Waals surface area (Å²) in [6.45, 7) is 4.27. The fourth-order valence-corrected chi connectivity index (χ4v) is 3.69. The van der Waals surface area contributed by atoms with Crippen molar-refractivity contribution >= 4 is 5.91 Å². The van der Waals surface area contributed by atoms with E-state index in [-0.39, 0.29) is 11.9 Å². The highest BCUT2D eigenvalue weighted by molar-refractivity contribution is 5.78. The SMILES string of the molecule is CN(CC(=O)NC1CCCN(CCc2ccccc2)C1)Cc1cccnc1. The number of amides is 1. The van der Waals surface area contributed by atoms with E-state index < -0.39 is 0 Å². The second-order valence-electron chi connectivity index (χ2n) is 7.48. The maximum Gasteiger partial charge on any atom is 0.234 e. The smallest absolute Gasteiger partial charge is 0.234 e. The van der Waals surface area contributed by atoms with Crippen LogP contribution in [-0.4, -0.2) is 60.0 Å². The number of hydrogen-bond donors (Lipinski definition) is 1. The number of likely N-dealkylation sites (tertiary alicyclic amines) is 1. The molecule has 1 aromatic heterocycles. The Labute approximate surface area is 162 Å². The molecule has 0 radical (unpaired) electrons. The number of aromatic nitrogens is 1. The van der Waals surface area contributed by atoms with Crippen LogP contribution in [0.25, 0.3) is 0 Å². The van der Waals surface area contributed by atoms with E-state index in [0.717, 1.165) is 51.0 Å². The Hall–Kier alpha value is -2.24. The molecule has 5 nitrogen and oxygen atoms in total. The van der Waals surface area contributed by atoms with Crippen molar-refractivity contribution < 1.29 is 4.79 Å². The third kappa shape index (κ3) is 6.77. The molecule has 1 aromatic carbocycles. The van der Waals surface area contributed by atoms with Crippen LogP contribution >= 0.6 is 0 Å². The van der Waals surface area contributed by atoms with Crippen LogP contribution in [0.5, 0.6) is 0 Å². The minimum Gasteiger partial charge on any atom is -0.351 e. The molecular formula is C22H30N4O. The minimum absolute atomic E-state index is 0.108. The number of carbonyl (C=O) groups is 1. The van der Waals surface area contributed by atoms with Crippen molar-refractivity contribution in [1.82, 2.24) is 20.1 Å². The number of pyridine rings is 1. The standard InChI is InChI=1S/C22H30N4O/c1-25(16-20-9-5-12-23-15-20)18-22(27)24-21-10-6-13-26(17-21)14-11-19-7-3-2-4-8-19/h2-5,7-9,12,15,21H,6,10-11,13-14,16-18H2,1H3,(H,24,27). The third-order valence-electron chi connectivity index (χ3n) is 5.02. The van der Waals surface area contributed by atoms with Gasteiger partial charge in [0.25, 0.3) is 0 Å². The van der Waals surface area contributed by atoms with Crippen LogP contribution in [0.2, 0.25) is 0 Å². The number of hydrogen-bond acceptors (Lipinski definition) is 4. The van der Waals surface area contributed by atoms with Gasteiger partial charge in [-0.15, -0.1) is 0 Å². The van der Waals surface area contributed by atoms with Gasteiger partial charge in [-0.1, -0.05) is 36.4 Å². The molecule has 1 amide bonds. The van der Waals surface area contributed by atoms with E-state index in [0.29, 0.717) is 6.54 Å². The van der Waals surface area contributed by atoms with Gasteiger partial charge in [-0.3, -0.25) is 14.7 Å². The maximum absolute atomic E-state index is 12.4. The van der Waals surface area contributed by atoms with E-state index in [4.69, 9.17) is 0 Å². The summed E-state index contributed by atoms with van der Waals surface area (Å²) in [6.07, 6.45) is 6.89. The Morgan fingerprint density at radius 2 is 2.04 bits per heavy atom. The molecule has 0 spiro atoms. The molecule has 1 fully saturated rings. The van der Waals surface area contributed by atoms with Crippen molar-refractivity contribution in [2.75, 3.05) is 33.2 Å². The number of rotatable bonds is 8. The molecule has 1 unspecified atom stereocenters. The average Bonchev–Trinajstić information content (AvgIpc) is 2.68. The zero-order chi connectivity index (χ0) is 18.9. The lowest BCUT2D eigenvalue weighted by Crippen LogP contribution is -2.50. The van der Waals surface area contributed by atoms with Gasteiger partial charge >= 0.3 is 0 Å². The molecule has 5 heteroatoms. The van der Waals surface area contributed by atoms with Crippen LogP contribution < -0.4 is 5.32 Å². The first-order chi connectivity index (χ1) is 13.2. The summed E-state index contributed by atoms with van der Waals surface area (Å²) in [5, 5.41) is 3.23. The van der Waals surface area contributed by atoms with E-state index in [9.17, 15) is 4.79 Å². The number of nitrogens with one attached hydrogen (secondary N) is 1. The molecule has 0 saturated carbocycles. The van der Waals surface area contributed by atoms with Crippen LogP contribution in [-0.2, 0) is 17.8 Å². The van der Waals surface area contributed by atoms with Crippen molar-refractivity contribution in [3.63, 3.8) is 0 Å². The van der Waals surface area contributed by atoms with Gasteiger partial charge < -0.3 is 10.2 Å². The van der Waals surface area contributed by atoms with Gasteiger partial charge in [0.05, 0.1) is 6.54 Å². The number of benzene rings is 1. The van der Waals surface area contributed by atoms with Gasteiger partial charge in [0.1, 0.15) is 0 Å². The predicted molar refractivity (Wildman–Crippen MR) is 108 cm³/mol. The van der Waals surface area contributed by atoms with Gasteiger partial charge in [-0.2, -0.15) is 0 Å². The highest BCUT2D eigenvalue weighted by Crippen LogP contribution is 2.11. The first-order valence-electron chi connectivity index (χ1n) is 9.82. The number of piperidine rings is 1. The lowest BCUT2D eigenvalue weighted by molar-refractivity contribution is -0.123. The van der Waals surface area contributed by atoms with Crippen molar-refractivity contribution in [3.05, 3.63) is 66.0 Å². The first-order valence-corrected chi connectivity index (χ1v) is 9.82. The van der Waals surface area contributed by atoms with Crippen LogP contribution in [0.15, 0.2) is 54.9 Å². The molecule has 0 aliphatic carbocycles. The zero-order valence-corrected chi connectivity index (χ0v) is 16.2. The van der Waals surface area contributed by atoms with Gasteiger partial charge in [-0.05, 0) is 50.0 Å².